The molecule has 0 spiro atoms. The molecule has 0 atom stereocenters. The molecule has 0 fully saturated rings. The zero-order chi connectivity index (χ0) is 17.9. The third kappa shape index (κ3) is 3.88. The van der Waals surface area contributed by atoms with Crippen molar-refractivity contribution in [3.8, 4) is 11.5 Å². The zero-order valence-corrected chi connectivity index (χ0v) is 15.6. The number of benzene rings is 2. The number of fused-ring (bicyclic) bond motifs is 1. The summed E-state index contributed by atoms with van der Waals surface area (Å²) in [5, 5.41) is 2.98. The molecule has 132 valence electrons. The first-order chi connectivity index (χ1) is 12.0. The van der Waals surface area contributed by atoms with E-state index in [0.29, 0.717) is 30.4 Å². The maximum Gasteiger partial charge on any atom is 0.262 e. The molecule has 3 aromatic rings. The van der Waals surface area contributed by atoms with Crippen molar-refractivity contribution in [2.45, 2.75) is 18.7 Å². The van der Waals surface area contributed by atoms with Gasteiger partial charge in [0.1, 0.15) is 0 Å². The predicted molar refractivity (Wildman–Crippen MR) is 101 cm³/mol. The van der Waals surface area contributed by atoms with Crippen molar-refractivity contribution in [3.63, 3.8) is 0 Å². The van der Waals surface area contributed by atoms with Crippen LogP contribution in [0.2, 0.25) is 0 Å². The van der Waals surface area contributed by atoms with Crippen LogP contribution >= 0.6 is 11.3 Å². The molecule has 0 amide bonds. The van der Waals surface area contributed by atoms with E-state index in [1.165, 1.54) is 12.1 Å². The molecule has 5 nitrogen and oxygen atoms in total. The van der Waals surface area contributed by atoms with Gasteiger partial charge in [0.05, 0.1) is 18.1 Å². The molecule has 0 radical (unpaired) electrons. The summed E-state index contributed by atoms with van der Waals surface area (Å²) in [7, 11) is -3.72. The highest BCUT2D eigenvalue weighted by Crippen LogP contribution is 2.31. The van der Waals surface area contributed by atoms with E-state index < -0.39 is 10.0 Å². The summed E-state index contributed by atoms with van der Waals surface area (Å²) in [6.07, 6.45) is 0. The Morgan fingerprint density at radius 3 is 2.48 bits per heavy atom. The Hall–Kier alpha value is -2.25. The molecule has 0 saturated heterocycles. The van der Waals surface area contributed by atoms with Crippen molar-refractivity contribution in [3.05, 3.63) is 47.8 Å². The van der Waals surface area contributed by atoms with Gasteiger partial charge in [0.2, 0.25) is 0 Å². The first-order valence-electron chi connectivity index (χ1n) is 7.93. The van der Waals surface area contributed by atoms with Gasteiger partial charge in [-0.3, -0.25) is 4.72 Å². The van der Waals surface area contributed by atoms with Gasteiger partial charge in [-0.25, -0.2) is 8.42 Å². The number of hydrogen-bond donors (Lipinski definition) is 1. The van der Waals surface area contributed by atoms with Gasteiger partial charge in [-0.05, 0) is 61.0 Å². The SMILES string of the molecule is CCOc1ccc(S(=O)(=O)Nc2ccc3sccc3c2)cc1OCC. The lowest BCUT2D eigenvalue weighted by Crippen LogP contribution is -2.13. The fraction of sp³-hybridized carbons (Fsp3) is 0.222. The van der Waals surface area contributed by atoms with Crippen molar-refractivity contribution in [2.24, 2.45) is 0 Å². The Morgan fingerprint density at radius 1 is 0.960 bits per heavy atom. The lowest BCUT2D eigenvalue weighted by atomic mass is 10.2. The molecule has 0 saturated carbocycles. The van der Waals surface area contributed by atoms with Crippen LogP contribution in [0.15, 0.2) is 52.7 Å². The lowest BCUT2D eigenvalue weighted by molar-refractivity contribution is 0.287. The zero-order valence-electron chi connectivity index (χ0n) is 14.0. The second-order valence-corrected chi connectivity index (χ2v) is 7.88. The topological polar surface area (TPSA) is 64.6 Å². The summed E-state index contributed by atoms with van der Waals surface area (Å²) >= 11 is 1.62. The van der Waals surface area contributed by atoms with E-state index in [1.54, 1.807) is 23.5 Å². The third-order valence-electron chi connectivity index (χ3n) is 3.53. The van der Waals surface area contributed by atoms with Gasteiger partial charge in [-0.1, -0.05) is 0 Å². The summed E-state index contributed by atoms with van der Waals surface area (Å²) in [6, 6.07) is 12.1. The van der Waals surface area contributed by atoms with Gasteiger partial charge in [-0.2, -0.15) is 0 Å². The molecule has 3 rings (SSSR count). The number of ether oxygens (including phenoxy) is 2. The van der Waals surface area contributed by atoms with Gasteiger partial charge in [0.15, 0.2) is 11.5 Å². The molecule has 7 heteroatoms. The first-order valence-corrected chi connectivity index (χ1v) is 10.3. The van der Waals surface area contributed by atoms with E-state index in [9.17, 15) is 8.42 Å². The molecule has 2 aromatic carbocycles. The van der Waals surface area contributed by atoms with Crippen molar-refractivity contribution >= 4 is 37.1 Å². The van der Waals surface area contributed by atoms with Crippen molar-refractivity contribution in [2.75, 3.05) is 17.9 Å². The molecule has 25 heavy (non-hydrogen) atoms. The highest BCUT2D eigenvalue weighted by atomic mass is 32.2. The average molecular weight is 377 g/mol. The predicted octanol–water partition coefficient (Wildman–Crippen LogP) is 4.50. The van der Waals surface area contributed by atoms with Crippen LogP contribution < -0.4 is 14.2 Å². The molecule has 0 bridgehead atoms. The van der Waals surface area contributed by atoms with Crippen LogP contribution in [0.25, 0.3) is 10.1 Å². The Kier molecular flexibility index (Phi) is 5.15. The van der Waals surface area contributed by atoms with Crippen LogP contribution in [0.4, 0.5) is 5.69 Å². The fourth-order valence-corrected chi connectivity index (χ4v) is 4.28. The Bertz CT molecular complexity index is 980. The normalized spacial score (nSPS) is 11.4. The Morgan fingerprint density at radius 2 is 1.72 bits per heavy atom. The lowest BCUT2D eigenvalue weighted by Gasteiger charge is -2.13. The standard InChI is InChI=1S/C18H19NO4S2/c1-3-22-16-7-6-15(12-17(16)23-4-2)25(20,21)19-14-5-8-18-13(11-14)9-10-24-18/h5-12,19H,3-4H2,1-2H3. The van der Waals surface area contributed by atoms with E-state index >= 15 is 0 Å². The molecular weight excluding hydrogens is 358 g/mol. The summed E-state index contributed by atoms with van der Waals surface area (Å²) in [5.74, 6) is 0.948. The van der Waals surface area contributed by atoms with Crippen molar-refractivity contribution in [1.29, 1.82) is 0 Å². The van der Waals surface area contributed by atoms with E-state index in [-0.39, 0.29) is 4.90 Å². The molecule has 0 aliphatic carbocycles. The van der Waals surface area contributed by atoms with E-state index in [4.69, 9.17) is 9.47 Å². The van der Waals surface area contributed by atoms with Crippen LogP contribution in [0, 0.1) is 0 Å². The van der Waals surface area contributed by atoms with Gasteiger partial charge in [-0.15, -0.1) is 11.3 Å². The van der Waals surface area contributed by atoms with Crippen molar-refractivity contribution in [1.82, 2.24) is 0 Å². The van der Waals surface area contributed by atoms with Gasteiger partial charge in [0, 0.05) is 16.5 Å². The first kappa shape index (κ1) is 17.6. The number of hydrogen-bond acceptors (Lipinski definition) is 5. The maximum absolute atomic E-state index is 12.7. The van der Waals surface area contributed by atoms with E-state index in [0.717, 1.165) is 10.1 Å². The molecular formula is C18H19NO4S2. The minimum Gasteiger partial charge on any atom is -0.490 e. The number of sulfonamides is 1. The average Bonchev–Trinajstić information content (AvgIpc) is 3.04. The number of anilines is 1. The second kappa shape index (κ2) is 7.33. The number of rotatable bonds is 7. The van der Waals surface area contributed by atoms with Gasteiger partial charge in [0.25, 0.3) is 10.0 Å². The van der Waals surface area contributed by atoms with Crippen LogP contribution in [0.1, 0.15) is 13.8 Å². The molecule has 1 heterocycles. The third-order valence-corrected chi connectivity index (χ3v) is 5.81. The van der Waals surface area contributed by atoms with Crippen LogP contribution in [0.3, 0.4) is 0 Å². The van der Waals surface area contributed by atoms with Crippen LogP contribution in [0.5, 0.6) is 11.5 Å². The highest BCUT2D eigenvalue weighted by Gasteiger charge is 2.18. The quantitative estimate of drug-likeness (QED) is 0.658. The summed E-state index contributed by atoms with van der Waals surface area (Å²) in [4.78, 5) is 0.129. The summed E-state index contributed by atoms with van der Waals surface area (Å²) in [5.41, 5.74) is 0.526. The van der Waals surface area contributed by atoms with Gasteiger partial charge < -0.3 is 9.47 Å². The largest absolute Gasteiger partial charge is 0.490 e. The smallest absolute Gasteiger partial charge is 0.262 e. The molecule has 1 N–H and O–H groups in total. The molecule has 0 aliphatic heterocycles. The highest BCUT2D eigenvalue weighted by molar-refractivity contribution is 7.92. The Labute approximate surface area is 151 Å². The molecule has 0 aliphatic rings. The van der Waals surface area contributed by atoms with Crippen LogP contribution in [-0.4, -0.2) is 21.6 Å². The maximum atomic E-state index is 12.7. The fourth-order valence-electron chi connectivity index (χ4n) is 2.44. The monoisotopic (exact) mass is 377 g/mol. The summed E-state index contributed by atoms with van der Waals surface area (Å²) in [6.45, 7) is 4.60. The van der Waals surface area contributed by atoms with Gasteiger partial charge >= 0.3 is 0 Å². The molecule has 0 unspecified atom stereocenters. The van der Waals surface area contributed by atoms with Crippen LogP contribution in [-0.2, 0) is 10.0 Å². The van der Waals surface area contributed by atoms with Crippen molar-refractivity contribution < 1.29 is 17.9 Å². The second-order valence-electron chi connectivity index (χ2n) is 5.25. The van der Waals surface area contributed by atoms with E-state index in [2.05, 4.69) is 4.72 Å². The Balaban J connectivity index is 1.91. The molecule has 1 aromatic heterocycles. The van der Waals surface area contributed by atoms with E-state index in [1.807, 2.05) is 37.4 Å². The summed E-state index contributed by atoms with van der Waals surface area (Å²) < 4.78 is 40.1. The number of thiophene rings is 1. The minimum absolute atomic E-state index is 0.129. The minimum atomic E-state index is -3.72. The number of nitrogens with one attached hydrogen (secondary N) is 1.